The first-order chi connectivity index (χ1) is 6.11. The Kier molecular flexibility index (Phi) is 3.31. The maximum absolute atomic E-state index is 13.1. The molecule has 0 saturated heterocycles. The molecule has 0 bridgehead atoms. The lowest BCUT2D eigenvalue weighted by molar-refractivity contribution is 0.231. The smallest absolute Gasteiger partial charge is 0.278 e. The molecule has 0 aliphatic heterocycles. The molecule has 0 atom stereocenters. The Morgan fingerprint density at radius 2 is 2.15 bits per heavy atom. The third kappa shape index (κ3) is 2.73. The van der Waals surface area contributed by atoms with Gasteiger partial charge in [-0.25, -0.2) is 4.39 Å². The molecule has 0 radical (unpaired) electrons. The van der Waals surface area contributed by atoms with Crippen molar-refractivity contribution in [2.75, 3.05) is 7.05 Å². The van der Waals surface area contributed by atoms with E-state index in [1.54, 1.807) is 25.2 Å². The van der Waals surface area contributed by atoms with Crippen molar-refractivity contribution >= 4 is 17.9 Å². The molecule has 13 heavy (non-hydrogen) atoms. The summed E-state index contributed by atoms with van der Waals surface area (Å²) < 4.78 is 13.1. The minimum absolute atomic E-state index is 0.245. The largest absolute Gasteiger partial charge is 0.332 e. The molecule has 0 fully saturated rings. The van der Waals surface area contributed by atoms with Crippen LogP contribution in [0.2, 0.25) is 0 Å². The van der Waals surface area contributed by atoms with E-state index in [9.17, 15) is 9.18 Å². The first-order valence-corrected chi connectivity index (χ1v) is 4.23. The summed E-state index contributed by atoms with van der Waals surface area (Å²) >= 11 is 3.62. The molecule has 0 N–H and O–H groups in total. The van der Waals surface area contributed by atoms with Crippen LogP contribution in [0, 0.1) is 5.82 Å². The molecular weight excluding hydrogens is 189 g/mol. The number of carbonyl (C=O) groups excluding carboxylic acids is 1. The van der Waals surface area contributed by atoms with Crippen LogP contribution in [0.5, 0.6) is 0 Å². The molecular formula is C9H10FNOS. The molecule has 0 saturated carbocycles. The second-order valence-electron chi connectivity index (χ2n) is 2.73. The third-order valence-corrected chi connectivity index (χ3v) is 2.03. The summed E-state index contributed by atoms with van der Waals surface area (Å²) in [4.78, 5) is 12.1. The van der Waals surface area contributed by atoms with Gasteiger partial charge < -0.3 is 4.90 Å². The summed E-state index contributed by atoms with van der Waals surface area (Å²) in [5, 5.41) is -0.372. The van der Waals surface area contributed by atoms with Gasteiger partial charge in [0.2, 0.25) is 0 Å². The highest BCUT2D eigenvalue weighted by Gasteiger charge is 2.06. The van der Waals surface area contributed by atoms with Gasteiger partial charge in [0.25, 0.3) is 5.24 Å². The van der Waals surface area contributed by atoms with Crippen LogP contribution in [0.4, 0.5) is 9.18 Å². The van der Waals surface area contributed by atoms with E-state index in [0.29, 0.717) is 5.56 Å². The minimum atomic E-state index is -0.372. The van der Waals surface area contributed by atoms with Crippen LogP contribution in [-0.4, -0.2) is 17.2 Å². The predicted octanol–water partition coefficient (Wildman–Crippen LogP) is 2.31. The SMILES string of the molecule is CN(Cc1ccccc1F)C(=O)S. The number of amides is 1. The fraction of sp³-hybridized carbons (Fsp3) is 0.222. The number of nitrogens with zero attached hydrogens (tertiary/aromatic N) is 1. The molecule has 0 aromatic heterocycles. The van der Waals surface area contributed by atoms with E-state index in [2.05, 4.69) is 12.6 Å². The fourth-order valence-corrected chi connectivity index (χ4v) is 1.02. The number of rotatable bonds is 2. The van der Waals surface area contributed by atoms with Gasteiger partial charge in [-0.2, -0.15) is 0 Å². The van der Waals surface area contributed by atoms with Gasteiger partial charge in [0, 0.05) is 19.2 Å². The second-order valence-corrected chi connectivity index (χ2v) is 3.11. The van der Waals surface area contributed by atoms with Gasteiger partial charge in [-0.1, -0.05) is 30.8 Å². The third-order valence-electron chi connectivity index (χ3n) is 1.69. The molecule has 1 aromatic carbocycles. The van der Waals surface area contributed by atoms with Crippen LogP contribution in [0.3, 0.4) is 0 Å². The Bertz CT molecular complexity index is 316. The van der Waals surface area contributed by atoms with Crippen LogP contribution in [0.1, 0.15) is 5.56 Å². The Morgan fingerprint density at radius 3 is 2.69 bits per heavy atom. The minimum Gasteiger partial charge on any atom is -0.332 e. The Labute approximate surface area is 81.8 Å². The lowest BCUT2D eigenvalue weighted by Gasteiger charge is -2.13. The zero-order chi connectivity index (χ0) is 9.84. The number of thiol groups is 1. The first-order valence-electron chi connectivity index (χ1n) is 3.78. The average molecular weight is 199 g/mol. The van der Waals surface area contributed by atoms with Gasteiger partial charge in [0.15, 0.2) is 0 Å². The van der Waals surface area contributed by atoms with Crippen molar-refractivity contribution in [1.82, 2.24) is 4.90 Å². The molecule has 0 aliphatic carbocycles. The predicted molar refractivity (Wildman–Crippen MR) is 52.2 cm³/mol. The molecule has 0 unspecified atom stereocenters. The van der Waals surface area contributed by atoms with Gasteiger partial charge in [0.05, 0.1) is 0 Å². The van der Waals surface area contributed by atoms with E-state index < -0.39 is 0 Å². The number of benzene rings is 1. The van der Waals surface area contributed by atoms with E-state index in [0.717, 1.165) is 0 Å². The van der Waals surface area contributed by atoms with Crippen molar-refractivity contribution in [1.29, 1.82) is 0 Å². The summed E-state index contributed by atoms with van der Waals surface area (Å²) in [7, 11) is 1.57. The van der Waals surface area contributed by atoms with E-state index in [1.165, 1.54) is 11.0 Å². The molecule has 0 heterocycles. The zero-order valence-corrected chi connectivity index (χ0v) is 8.09. The van der Waals surface area contributed by atoms with Crippen LogP contribution in [-0.2, 0) is 6.54 Å². The van der Waals surface area contributed by atoms with Crippen molar-refractivity contribution in [2.45, 2.75) is 6.54 Å². The van der Waals surface area contributed by atoms with Gasteiger partial charge in [0.1, 0.15) is 5.82 Å². The summed E-state index contributed by atoms with van der Waals surface area (Å²) in [5.41, 5.74) is 0.493. The summed E-state index contributed by atoms with van der Waals surface area (Å²) in [6.45, 7) is 0.245. The zero-order valence-electron chi connectivity index (χ0n) is 7.20. The Balaban J connectivity index is 2.74. The Hall–Kier alpha value is -1.03. The van der Waals surface area contributed by atoms with Crippen LogP contribution in [0.25, 0.3) is 0 Å². The highest BCUT2D eigenvalue weighted by Crippen LogP contribution is 2.09. The second kappa shape index (κ2) is 4.28. The van der Waals surface area contributed by atoms with E-state index in [4.69, 9.17) is 0 Å². The van der Waals surface area contributed by atoms with Crippen LogP contribution >= 0.6 is 12.6 Å². The quantitative estimate of drug-likeness (QED) is 0.725. The molecule has 1 rings (SSSR count). The van der Waals surface area contributed by atoms with Crippen molar-refractivity contribution in [3.05, 3.63) is 35.6 Å². The van der Waals surface area contributed by atoms with Crippen LogP contribution in [0.15, 0.2) is 24.3 Å². The summed E-state index contributed by atoms with van der Waals surface area (Å²) in [6.07, 6.45) is 0. The molecule has 2 nitrogen and oxygen atoms in total. The highest BCUT2D eigenvalue weighted by atomic mass is 32.1. The van der Waals surface area contributed by atoms with E-state index in [-0.39, 0.29) is 17.6 Å². The van der Waals surface area contributed by atoms with Crippen LogP contribution < -0.4 is 0 Å². The van der Waals surface area contributed by atoms with Crippen molar-refractivity contribution < 1.29 is 9.18 Å². The highest BCUT2D eigenvalue weighted by molar-refractivity contribution is 7.96. The fourth-order valence-electron chi connectivity index (χ4n) is 0.950. The Morgan fingerprint density at radius 1 is 1.54 bits per heavy atom. The number of carbonyl (C=O) groups is 1. The standard InChI is InChI=1S/C9H10FNOS/c1-11(9(12)13)6-7-4-2-3-5-8(7)10/h2-5H,6H2,1H3,(H,12,13). The molecule has 1 aromatic rings. The van der Waals surface area contributed by atoms with Crippen molar-refractivity contribution in [3.8, 4) is 0 Å². The number of hydrogen-bond acceptors (Lipinski definition) is 1. The summed E-state index contributed by atoms with van der Waals surface area (Å²) in [6, 6.07) is 6.35. The molecule has 0 aliphatic rings. The van der Waals surface area contributed by atoms with Crippen molar-refractivity contribution in [3.63, 3.8) is 0 Å². The van der Waals surface area contributed by atoms with Crippen molar-refractivity contribution in [2.24, 2.45) is 0 Å². The number of halogens is 1. The molecule has 1 amide bonds. The molecule has 0 spiro atoms. The molecule has 4 heteroatoms. The van der Waals surface area contributed by atoms with Gasteiger partial charge in [-0.15, -0.1) is 0 Å². The first kappa shape index (κ1) is 10.1. The number of hydrogen-bond donors (Lipinski definition) is 1. The maximum atomic E-state index is 13.1. The monoisotopic (exact) mass is 199 g/mol. The normalized spacial score (nSPS) is 9.77. The summed E-state index contributed by atoms with van der Waals surface area (Å²) in [5.74, 6) is -0.302. The topological polar surface area (TPSA) is 20.3 Å². The van der Waals surface area contributed by atoms with E-state index in [1.807, 2.05) is 0 Å². The maximum Gasteiger partial charge on any atom is 0.278 e. The lowest BCUT2D eigenvalue weighted by Crippen LogP contribution is -2.20. The lowest BCUT2D eigenvalue weighted by atomic mass is 10.2. The van der Waals surface area contributed by atoms with Gasteiger partial charge in [-0.3, -0.25) is 4.79 Å². The van der Waals surface area contributed by atoms with Gasteiger partial charge in [-0.05, 0) is 6.07 Å². The van der Waals surface area contributed by atoms with E-state index >= 15 is 0 Å². The average Bonchev–Trinajstić information content (AvgIpc) is 2.08. The molecule has 70 valence electrons. The van der Waals surface area contributed by atoms with Gasteiger partial charge >= 0.3 is 0 Å².